The number of aromatic nitrogens is 2. The van der Waals surface area contributed by atoms with Gasteiger partial charge in [-0.05, 0) is 24.1 Å². The van der Waals surface area contributed by atoms with E-state index in [-0.39, 0.29) is 0 Å². The maximum atomic E-state index is 4.90. The maximum absolute atomic E-state index is 4.90. The summed E-state index contributed by atoms with van der Waals surface area (Å²) in [7, 11) is 0. The Morgan fingerprint density at radius 2 is 2.12 bits per heavy atom. The van der Waals surface area contributed by atoms with E-state index < -0.39 is 0 Å². The highest BCUT2D eigenvalue weighted by Gasteiger charge is 2.03. The molecule has 1 aromatic carbocycles. The van der Waals surface area contributed by atoms with Crippen molar-refractivity contribution >= 4 is 15.9 Å². The number of halogens is 1. The van der Waals surface area contributed by atoms with Gasteiger partial charge in [0.1, 0.15) is 0 Å². The molecule has 0 aliphatic carbocycles. The summed E-state index contributed by atoms with van der Waals surface area (Å²) in [6.45, 7) is 5.24. The molecule has 0 atom stereocenters. The van der Waals surface area contributed by atoms with Crippen LogP contribution in [0, 0.1) is 13.8 Å². The Labute approximate surface area is 109 Å². The topological polar surface area (TPSA) is 51.0 Å². The molecule has 0 unspecified atom stereocenters. The Kier molecular flexibility index (Phi) is 3.91. The van der Waals surface area contributed by atoms with Crippen molar-refractivity contribution in [1.82, 2.24) is 15.5 Å². The van der Waals surface area contributed by atoms with Crippen molar-refractivity contribution in [3.8, 4) is 0 Å². The fourth-order valence-corrected chi connectivity index (χ4v) is 2.15. The zero-order valence-corrected chi connectivity index (χ0v) is 11.4. The highest BCUT2D eigenvalue weighted by molar-refractivity contribution is 9.10. The smallest absolute Gasteiger partial charge is 0.223 e. The molecule has 0 aliphatic heterocycles. The minimum absolute atomic E-state index is 0.596. The van der Waals surface area contributed by atoms with Gasteiger partial charge in [-0.1, -0.05) is 33.2 Å². The number of hydrogen-bond acceptors (Lipinski definition) is 4. The van der Waals surface area contributed by atoms with Crippen molar-refractivity contribution in [2.75, 3.05) is 0 Å². The summed E-state index contributed by atoms with van der Waals surface area (Å²) in [6, 6.07) is 6.31. The normalized spacial score (nSPS) is 10.8. The van der Waals surface area contributed by atoms with E-state index in [0.717, 1.165) is 11.0 Å². The van der Waals surface area contributed by atoms with Gasteiger partial charge in [0.2, 0.25) is 5.89 Å². The third kappa shape index (κ3) is 3.38. The van der Waals surface area contributed by atoms with Gasteiger partial charge in [0, 0.05) is 17.9 Å². The van der Waals surface area contributed by atoms with Crippen LogP contribution in [0.15, 0.2) is 27.2 Å². The summed E-state index contributed by atoms with van der Waals surface area (Å²) >= 11 is 3.55. The van der Waals surface area contributed by atoms with Gasteiger partial charge in [0.25, 0.3) is 0 Å². The Balaban J connectivity index is 1.90. The monoisotopic (exact) mass is 295 g/mol. The van der Waals surface area contributed by atoms with Crippen LogP contribution in [0.4, 0.5) is 0 Å². The van der Waals surface area contributed by atoms with E-state index in [4.69, 9.17) is 4.52 Å². The van der Waals surface area contributed by atoms with E-state index in [9.17, 15) is 0 Å². The molecule has 0 spiro atoms. The van der Waals surface area contributed by atoms with Gasteiger partial charge in [0.05, 0.1) is 6.54 Å². The first-order chi connectivity index (χ1) is 8.15. The first-order valence-electron chi connectivity index (χ1n) is 5.40. The Morgan fingerprint density at radius 3 is 2.76 bits per heavy atom. The zero-order chi connectivity index (χ0) is 12.3. The van der Waals surface area contributed by atoms with E-state index in [0.29, 0.717) is 18.3 Å². The zero-order valence-electron chi connectivity index (χ0n) is 9.83. The van der Waals surface area contributed by atoms with Crippen LogP contribution in [0.2, 0.25) is 0 Å². The van der Waals surface area contributed by atoms with Gasteiger partial charge in [0.15, 0.2) is 5.82 Å². The van der Waals surface area contributed by atoms with Crippen LogP contribution in [0.3, 0.4) is 0 Å². The SMILES string of the molecule is Cc1ccc(CNCc2noc(C)n2)c(Br)c1. The van der Waals surface area contributed by atoms with E-state index >= 15 is 0 Å². The molecule has 0 fully saturated rings. The van der Waals surface area contributed by atoms with Crippen LogP contribution < -0.4 is 5.32 Å². The van der Waals surface area contributed by atoms with E-state index in [1.807, 2.05) is 0 Å². The van der Waals surface area contributed by atoms with Crippen LogP contribution >= 0.6 is 15.9 Å². The lowest BCUT2D eigenvalue weighted by Gasteiger charge is -2.05. The number of rotatable bonds is 4. The van der Waals surface area contributed by atoms with Crippen LogP contribution in [0.25, 0.3) is 0 Å². The van der Waals surface area contributed by atoms with E-state index in [2.05, 4.69) is 56.5 Å². The number of nitrogens with one attached hydrogen (secondary N) is 1. The fraction of sp³-hybridized carbons (Fsp3) is 0.333. The van der Waals surface area contributed by atoms with Gasteiger partial charge in [-0.2, -0.15) is 4.98 Å². The van der Waals surface area contributed by atoms with Crippen molar-refractivity contribution in [2.24, 2.45) is 0 Å². The lowest BCUT2D eigenvalue weighted by molar-refractivity contribution is 0.385. The molecule has 0 amide bonds. The molecule has 5 heteroatoms. The average molecular weight is 296 g/mol. The van der Waals surface area contributed by atoms with Crippen molar-refractivity contribution in [3.05, 3.63) is 45.5 Å². The summed E-state index contributed by atoms with van der Waals surface area (Å²) in [5.41, 5.74) is 2.46. The van der Waals surface area contributed by atoms with Crippen molar-refractivity contribution in [2.45, 2.75) is 26.9 Å². The van der Waals surface area contributed by atoms with E-state index in [1.54, 1.807) is 6.92 Å². The second-order valence-corrected chi connectivity index (χ2v) is 4.78. The van der Waals surface area contributed by atoms with Gasteiger partial charge in [-0.3, -0.25) is 0 Å². The molecule has 1 heterocycles. The molecule has 0 saturated heterocycles. The van der Waals surface area contributed by atoms with Crippen LogP contribution in [-0.2, 0) is 13.1 Å². The molecule has 1 aromatic heterocycles. The minimum Gasteiger partial charge on any atom is -0.340 e. The molecular weight excluding hydrogens is 282 g/mol. The molecule has 90 valence electrons. The van der Waals surface area contributed by atoms with Crippen LogP contribution in [0.1, 0.15) is 22.8 Å². The molecule has 2 aromatic rings. The molecule has 0 bridgehead atoms. The average Bonchev–Trinajstić information content (AvgIpc) is 2.68. The molecule has 0 aliphatic rings. The van der Waals surface area contributed by atoms with Crippen LogP contribution in [-0.4, -0.2) is 10.1 Å². The van der Waals surface area contributed by atoms with E-state index in [1.165, 1.54) is 11.1 Å². The Bertz CT molecular complexity index is 510. The number of hydrogen-bond donors (Lipinski definition) is 1. The molecule has 0 radical (unpaired) electrons. The molecule has 4 nitrogen and oxygen atoms in total. The summed E-state index contributed by atoms with van der Waals surface area (Å²) in [5, 5.41) is 7.10. The molecule has 0 saturated carbocycles. The third-order valence-corrected chi connectivity index (χ3v) is 3.11. The lowest BCUT2D eigenvalue weighted by atomic mass is 10.1. The number of aryl methyl sites for hydroxylation is 2. The minimum atomic E-state index is 0.596. The summed E-state index contributed by atoms with van der Waals surface area (Å²) in [6.07, 6.45) is 0. The maximum Gasteiger partial charge on any atom is 0.223 e. The second-order valence-electron chi connectivity index (χ2n) is 3.93. The summed E-state index contributed by atoms with van der Waals surface area (Å²) in [4.78, 5) is 4.13. The highest BCUT2D eigenvalue weighted by Crippen LogP contribution is 2.18. The van der Waals surface area contributed by atoms with Crippen molar-refractivity contribution in [3.63, 3.8) is 0 Å². The largest absolute Gasteiger partial charge is 0.340 e. The number of nitrogens with zero attached hydrogens (tertiary/aromatic N) is 2. The molecule has 17 heavy (non-hydrogen) atoms. The van der Waals surface area contributed by atoms with Gasteiger partial charge >= 0.3 is 0 Å². The lowest BCUT2D eigenvalue weighted by Crippen LogP contribution is -2.14. The molecule has 1 N–H and O–H groups in total. The number of benzene rings is 1. The van der Waals surface area contributed by atoms with Gasteiger partial charge < -0.3 is 9.84 Å². The second kappa shape index (κ2) is 5.42. The first-order valence-corrected chi connectivity index (χ1v) is 6.19. The molecular formula is C12H14BrN3O. The van der Waals surface area contributed by atoms with Gasteiger partial charge in [-0.25, -0.2) is 0 Å². The standard InChI is InChI=1S/C12H14BrN3O/c1-8-3-4-10(11(13)5-8)6-14-7-12-15-9(2)17-16-12/h3-5,14H,6-7H2,1-2H3. The predicted octanol–water partition coefficient (Wildman–Crippen LogP) is 2.74. The quantitative estimate of drug-likeness (QED) is 0.942. The summed E-state index contributed by atoms with van der Waals surface area (Å²) < 4.78 is 6.02. The third-order valence-electron chi connectivity index (χ3n) is 2.38. The highest BCUT2D eigenvalue weighted by atomic mass is 79.9. The van der Waals surface area contributed by atoms with Crippen LogP contribution in [0.5, 0.6) is 0 Å². The van der Waals surface area contributed by atoms with Crippen molar-refractivity contribution in [1.29, 1.82) is 0 Å². The predicted molar refractivity (Wildman–Crippen MR) is 68.5 cm³/mol. The Hall–Kier alpha value is -1.20. The van der Waals surface area contributed by atoms with Crippen molar-refractivity contribution < 1.29 is 4.52 Å². The molecule has 2 rings (SSSR count). The Morgan fingerprint density at radius 1 is 1.29 bits per heavy atom. The fourth-order valence-electron chi connectivity index (χ4n) is 1.52. The van der Waals surface area contributed by atoms with Gasteiger partial charge in [-0.15, -0.1) is 0 Å². The summed E-state index contributed by atoms with van der Waals surface area (Å²) in [5.74, 6) is 1.28. The first kappa shape index (κ1) is 12.3.